The number of aliphatic hydroxyl groups excluding tert-OH is 1. The summed E-state index contributed by atoms with van der Waals surface area (Å²) in [6.45, 7) is 1.59. The third-order valence-electron chi connectivity index (χ3n) is 5.33. The zero-order chi connectivity index (χ0) is 21.4. The SMILES string of the molecule is CC(CO)(CC(N)Cc1ccc(-c2ccccc2)cc1)C(=O)OCc1ccccc1. The Kier molecular flexibility index (Phi) is 7.39. The van der Waals surface area contributed by atoms with Crippen LogP contribution >= 0.6 is 0 Å². The van der Waals surface area contributed by atoms with E-state index in [1.165, 1.54) is 5.56 Å². The molecule has 0 saturated carbocycles. The molecule has 2 unspecified atom stereocenters. The number of carbonyl (C=O) groups excluding carboxylic acids is 1. The van der Waals surface area contributed by atoms with Crippen molar-refractivity contribution >= 4 is 5.97 Å². The second-order valence-corrected chi connectivity index (χ2v) is 8.01. The Morgan fingerprint density at radius 2 is 1.47 bits per heavy atom. The summed E-state index contributed by atoms with van der Waals surface area (Å²) in [5.41, 5.74) is 9.64. The highest BCUT2D eigenvalue weighted by molar-refractivity contribution is 5.76. The molecule has 3 rings (SSSR count). The van der Waals surface area contributed by atoms with E-state index < -0.39 is 11.4 Å². The summed E-state index contributed by atoms with van der Waals surface area (Å²) in [5.74, 6) is -0.427. The molecule has 2 atom stereocenters. The van der Waals surface area contributed by atoms with Crippen molar-refractivity contribution in [3.8, 4) is 11.1 Å². The number of ether oxygens (including phenoxy) is 1. The van der Waals surface area contributed by atoms with E-state index in [-0.39, 0.29) is 19.3 Å². The van der Waals surface area contributed by atoms with Gasteiger partial charge in [0.2, 0.25) is 0 Å². The van der Waals surface area contributed by atoms with Gasteiger partial charge in [0.05, 0.1) is 12.0 Å². The summed E-state index contributed by atoms with van der Waals surface area (Å²) in [5, 5.41) is 9.87. The van der Waals surface area contributed by atoms with Crippen molar-refractivity contribution in [2.24, 2.45) is 11.1 Å². The van der Waals surface area contributed by atoms with Crippen molar-refractivity contribution in [1.82, 2.24) is 0 Å². The Morgan fingerprint density at radius 3 is 2.07 bits per heavy atom. The van der Waals surface area contributed by atoms with Crippen LogP contribution in [0.15, 0.2) is 84.9 Å². The zero-order valence-corrected chi connectivity index (χ0v) is 17.3. The van der Waals surface area contributed by atoms with Crippen molar-refractivity contribution in [2.75, 3.05) is 6.61 Å². The maximum Gasteiger partial charge on any atom is 0.314 e. The van der Waals surface area contributed by atoms with Crippen molar-refractivity contribution < 1.29 is 14.6 Å². The molecule has 0 spiro atoms. The molecule has 4 nitrogen and oxygen atoms in total. The first-order valence-electron chi connectivity index (χ1n) is 10.2. The van der Waals surface area contributed by atoms with Crippen LogP contribution < -0.4 is 5.73 Å². The summed E-state index contributed by atoms with van der Waals surface area (Å²) in [4.78, 5) is 12.6. The molecule has 0 aliphatic rings. The Labute approximate surface area is 178 Å². The van der Waals surface area contributed by atoms with Gasteiger partial charge in [-0.3, -0.25) is 4.79 Å². The molecule has 3 aromatic carbocycles. The normalized spacial score (nSPS) is 14.0. The van der Waals surface area contributed by atoms with Gasteiger partial charge in [-0.1, -0.05) is 84.9 Å². The predicted octanol–water partition coefficient (Wildman–Crippen LogP) is 4.36. The summed E-state index contributed by atoms with van der Waals surface area (Å²) < 4.78 is 5.45. The molecular weight excluding hydrogens is 374 g/mol. The first-order chi connectivity index (χ1) is 14.5. The standard InChI is InChI=1S/C26H29NO3/c1-26(19-28,25(29)30-18-21-8-4-2-5-9-21)17-24(27)16-20-12-14-23(15-13-20)22-10-6-3-7-11-22/h2-15,24,28H,16-19,27H2,1H3. The van der Waals surface area contributed by atoms with Crippen LogP contribution in [-0.4, -0.2) is 23.7 Å². The third kappa shape index (κ3) is 5.78. The lowest BCUT2D eigenvalue weighted by Gasteiger charge is -2.28. The average molecular weight is 404 g/mol. The molecular formula is C26H29NO3. The van der Waals surface area contributed by atoms with E-state index in [1.807, 2.05) is 48.5 Å². The summed E-state index contributed by atoms with van der Waals surface area (Å²) in [6.07, 6.45) is 0.966. The number of carbonyl (C=O) groups is 1. The van der Waals surface area contributed by atoms with Gasteiger partial charge in [0.1, 0.15) is 6.61 Å². The molecule has 0 amide bonds. The fourth-order valence-corrected chi connectivity index (χ4v) is 3.53. The van der Waals surface area contributed by atoms with Crippen LogP contribution in [0.2, 0.25) is 0 Å². The molecule has 0 heterocycles. The molecule has 0 aromatic heterocycles. The van der Waals surface area contributed by atoms with Crippen LogP contribution in [0.1, 0.15) is 24.5 Å². The van der Waals surface area contributed by atoms with Gasteiger partial charge in [-0.05, 0) is 42.0 Å². The summed E-state index contributed by atoms with van der Waals surface area (Å²) in [7, 11) is 0. The minimum atomic E-state index is -1.03. The summed E-state index contributed by atoms with van der Waals surface area (Å²) >= 11 is 0. The number of esters is 1. The topological polar surface area (TPSA) is 72.5 Å². The molecule has 156 valence electrons. The van der Waals surface area contributed by atoms with E-state index in [1.54, 1.807) is 6.92 Å². The molecule has 3 N–H and O–H groups in total. The molecule has 0 aliphatic heterocycles. The summed E-state index contributed by atoms with van der Waals surface area (Å²) in [6, 6.07) is 27.7. The van der Waals surface area contributed by atoms with Crippen LogP contribution in [0.5, 0.6) is 0 Å². The fraction of sp³-hybridized carbons (Fsp3) is 0.269. The molecule has 0 aliphatic carbocycles. The lowest BCUT2D eigenvalue weighted by molar-refractivity contribution is -0.159. The maximum absolute atomic E-state index is 12.6. The lowest BCUT2D eigenvalue weighted by Crippen LogP contribution is -2.40. The van der Waals surface area contributed by atoms with Crippen molar-refractivity contribution in [3.05, 3.63) is 96.1 Å². The van der Waals surface area contributed by atoms with Gasteiger partial charge >= 0.3 is 5.97 Å². The van der Waals surface area contributed by atoms with E-state index in [9.17, 15) is 9.90 Å². The minimum absolute atomic E-state index is 0.186. The number of hydrogen-bond donors (Lipinski definition) is 2. The van der Waals surface area contributed by atoms with E-state index in [4.69, 9.17) is 10.5 Å². The second kappa shape index (κ2) is 10.2. The predicted molar refractivity (Wildman–Crippen MR) is 120 cm³/mol. The average Bonchev–Trinajstić information content (AvgIpc) is 2.79. The highest BCUT2D eigenvalue weighted by Gasteiger charge is 2.36. The lowest BCUT2D eigenvalue weighted by atomic mass is 9.83. The van der Waals surface area contributed by atoms with Crippen molar-refractivity contribution in [2.45, 2.75) is 32.4 Å². The van der Waals surface area contributed by atoms with Crippen molar-refractivity contribution in [3.63, 3.8) is 0 Å². The number of aliphatic hydroxyl groups is 1. The first-order valence-corrected chi connectivity index (χ1v) is 10.2. The number of hydrogen-bond acceptors (Lipinski definition) is 4. The van der Waals surface area contributed by atoms with Crippen LogP contribution in [-0.2, 0) is 22.6 Å². The van der Waals surface area contributed by atoms with E-state index in [0.29, 0.717) is 12.8 Å². The number of benzene rings is 3. The second-order valence-electron chi connectivity index (χ2n) is 8.01. The quantitative estimate of drug-likeness (QED) is 0.521. The monoisotopic (exact) mass is 403 g/mol. The van der Waals surface area contributed by atoms with Gasteiger partial charge in [0.25, 0.3) is 0 Å². The molecule has 0 saturated heterocycles. The van der Waals surface area contributed by atoms with E-state index in [2.05, 4.69) is 36.4 Å². The molecule has 0 radical (unpaired) electrons. The Morgan fingerprint density at radius 1 is 0.900 bits per heavy atom. The van der Waals surface area contributed by atoms with Gasteiger partial charge < -0.3 is 15.6 Å². The van der Waals surface area contributed by atoms with Crippen LogP contribution in [0.25, 0.3) is 11.1 Å². The number of nitrogens with two attached hydrogens (primary N) is 1. The zero-order valence-electron chi connectivity index (χ0n) is 17.3. The molecule has 0 fully saturated rings. The third-order valence-corrected chi connectivity index (χ3v) is 5.33. The van der Waals surface area contributed by atoms with E-state index >= 15 is 0 Å². The van der Waals surface area contributed by atoms with Gasteiger partial charge in [-0.25, -0.2) is 0 Å². The fourth-order valence-electron chi connectivity index (χ4n) is 3.53. The molecule has 3 aromatic rings. The highest BCUT2D eigenvalue weighted by Crippen LogP contribution is 2.26. The van der Waals surface area contributed by atoms with Gasteiger partial charge in [-0.2, -0.15) is 0 Å². The maximum atomic E-state index is 12.6. The minimum Gasteiger partial charge on any atom is -0.460 e. The largest absolute Gasteiger partial charge is 0.460 e. The van der Waals surface area contributed by atoms with E-state index in [0.717, 1.165) is 16.7 Å². The Bertz CT molecular complexity index is 926. The molecule has 4 heteroatoms. The van der Waals surface area contributed by atoms with Gasteiger partial charge in [0, 0.05) is 6.04 Å². The van der Waals surface area contributed by atoms with Gasteiger partial charge in [0.15, 0.2) is 0 Å². The van der Waals surface area contributed by atoms with Crippen LogP contribution in [0.4, 0.5) is 0 Å². The van der Waals surface area contributed by atoms with Crippen LogP contribution in [0.3, 0.4) is 0 Å². The number of rotatable bonds is 9. The Balaban J connectivity index is 1.57. The Hall–Kier alpha value is -2.95. The molecule has 0 bridgehead atoms. The van der Waals surface area contributed by atoms with Crippen molar-refractivity contribution in [1.29, 1.82) is 0 Å². The highest BCUT2D eigenvalue weighted by atomic mass is 16.5. The van der Waals surface area contributed by atoms with Crippen LogP contribution in [0, 0.1) is 5.41 Å². The smallest absolute Gasteiger partial charge is 0.314 e. The van der Waals surface area contributed by atoms with Gasteiger partial charge in [-0.15, -0.1) is 0 Å². The molecule has 30 heavy (non-hydrogen) atoms. The first kappa shape index (κ1) is 21.8.